The highest BCUT2D eigenvalue weighted by molar-refractivity contribution is 7.99. The molecule has 0 aliphatic carbocycles. The summed E-state index contributed by atoms with van der Waals surface area (Å²) in [7, 11) is 0. The number of hydrogen-bond donors (Lipinski definition) is 1. The lowest BCUT2D eigenvalue weighted by Crippen LogP contribution is -2.53. The van der Waals surface area contributed by atoms with Gasteiger partial charge < -0.3 is 10.2 Å². The summed E-state index contributed by atoms with van der Waals surface area (Å²) in [6.45, 7) is 12.0. The number of thioether (sulfide) groups is 1. The number of amides is 2. The highest BCUT2D eigenvalue weighted by atomic mass is 35.5. The highest BCUT2D eigenvalue weighted by Crippen LogP contribution is 2.28. The predicted octanol–water partition coefficient (Wildman–Crippen LogP) is 6.57. The van der Waals surface area contributed by atoms with E-state index < -0.39 is 11.6 Å². The van der Waals surface area contributed by atoms with Gasteiger partial charge in [0, 0.05) is 33.4 Å². The summed E-state index contributed by atoms with van der Waals surface area (Å²) < 4.78 is 0. The third-order valence-corrected chi connectivity index (χ3v) is 6.75. The van der Waals surface area contributed by atoms with Crippen molar-refractivity contribution in [2.45, 2.75) is 71.8 Å². The Morgan fingerprint density at radius 2 is 1.64 bits per heavy atom. The summed E-state index contributed by atoms with van der Waals surface area (Å²) >= 11 is 14.3. The Balaban J connectivity index is 2.24. The molecule has 2 aromatic rings. The Bertz CT molecular complexity index is 948. The Kier molecular flexibility index (Phi) is 10.1. The number of hydrogen-bond acceptors (Lipinski definition) is 3. The van der Waals surface area contributed by atoms with E-state index in [1.807, 2.05) is 27.7 Å². The summed E-state index contributed by atoms with van der Waals surface area (Å²) in [5.41, 5.74) is 3.84. The summed E-state index contributed by atoms with van der Waals surface area (Å²) in [4.78, 5) is 28.1. The van der Waals surface area contributed by atoms with E-state index in [1.165, 1.54) is 16.7 Å². The van der Waals surface area contributed by atoms with Gasteiger partial charge in [0.1, 0.15) is 6.04 Å². The second-order valence-corrected chi connectivity index (χ2v) is 11.2. The summed E-state index contributed by atoms with van der Waals surface area (Å²) in [5.74, 6) is 0.686. The molecule has 0 fully saturated rings. The normalized spacial score (nSPS) is 12.4. The quantitative estimate of drug-likeness (QED) is 0.416. The van der Waals surface area contributed by atoms with E-state index in [0.29, 0.717) is 22.0 Å². The third kappa shape index (κ3) is 8.55. The fraction of sp³-hybridized carbons (Fsp3) is 0.462. The number of carbonyl (C=O) groups is 2. The number of nitrogens with zero attached hydrogens (tertiary/aromatic N) is 1. The van der Waals surface area contributed by atoms with Gasteiger partial charge in [0.05, 0.1) is 5.75 Å². The van der Waals surface area contributed by atoms with Crippen LogP contribution in [0.4, 0.5) is 0 Å². The molecule has 2 rings (SSSR count). The Labute approximate surface area is 212 Å². The number of carbonyl (C=O) groups excluding carboxylic acids is 2. The van der Waals surface area contributed by atoms with Crippen LogP contribution >= 0.6 is 35.0 Å². The smallest absolute Gasteiger partial charge is 0.243 e. The van der Waals surface area contributed by atoms with Gasteiger partial charge in [-0.05, 0) is 58.7 Å². The molecule has 7 heteroatoms. The van der Waals surface area contributed by atoms with Crippen LogP contribution in [0.15, 0.2) is 36.4 Å². The van der Waals surface area contributed by atoms with E-state index in [2.05, 4.69) is 37.4 Å². The number of nitrogens with one attached hydrogen (secondary N) is 1. The molecule has 0 aliphatic heterocycles. The van der Waals surface area contributed by atoms with E-state index >= 15 is 0 Å². The van der Waals surface area contributed by atoms with Crippen LogP contribution < -0.4 is 5.32 Å². The van der Waals surface area contributed by atoms with E-state index in [-0.39, 0.29) is 24.1 Å². The van der Waals surface area contributed by atoms with Crippen molar-refractivity contribution in [3.63, 3.8) is 0 Å². The molecule has 0 aromatic heterocycles. The number of benzene rings is 2. The van der Waals surface area contributed by atoms with E-state index in [9.17, 15) is 9.59 Å². The van der Waals surface area contributed by atoms with Gasteiger partial charge >= 0.3 is 0 Å². The second kappa shape index (κ2) is 12.1. The van der Waals surface area contributed by atoms with Gasteiger partial charge in [-0.15, -0.1) is 11.8 Å². The lowest BCUT2D eigenvalue weighted by Gasteiger charge is -2.33. The molecule has 0 bridgehead atoms. The van der Waals surface area contributed by atoms with Crippen molar-refractivity contribution in [2.75, 3.05) is 5.75 Å². The molecule has 1 atom stereocenters. The fourth-order valence-electron chi connectivity index (χ4n) is 3.72. The number of rotatable bonds is 9. The van der Waals surface area contributed by atoms with Gasteiger partial charge in [0.2, 0.25) is 11.8 Å². The van der Waals surface area contributed by atoms with Gasteiger partial charge in [-0.1, -0.05) is 65.5 Å². The van der Waals surface area contributed by atoms with Crippen molar-refractivity contribution in [3.8, 4) is 0 Å². The summed E-state index contributed by atoms with van der Waals surface area (Å²) in [6.07, 6.45) is 0.484. The van der Waals surface area contributed by atoms with Crippen molar-refractivity contribution in [1.82, 2.24) is 10.2 Å². The summed E-state index contributed by atoms with van der Waals surface area (Å²) in [5, 5.41) is 3.97. The molecular weight excluding hydrogens is 475 g/mol. The minimum atomic E-state index is -0.620. The van der Waals surface area contributed by atoms with Crippen molar-refractivity contribution >= 4 is 46.8 Å². The van der Waals surface area contributed by atoms with E-state index in [0.717, 1.165) is 5.75 Å². The second-order valence-electron chi connectivity index (χ2n) is 9.37. The van der Waals surface area contributed by atoms with Crippen LogP contribution in [0.3, 0.4) is 0 Å². The van der Waals surface area contributed by atoms with Gasteiger partial charge in [-0.3, -0.25) is 9.59 Å². The van der Waals surface area contributed by atoms with Crippen LogP contribution in [0.1, 0.15) is 56.4 Å². The molecule has 2 aromatic carbocycles. The Hall–Kier alpha value is -1.69. The molecule has 180 valence electrons. The molecule has 33 heavy (non-hydrogen) atoms. The highest BCUT2D eigenvalue weighted by Gasteiger charge is 2.31. The minimum Gasteiger partial charge on any atom is -0.350 e. The minimum absolute atomic E-state index is 0.115. The number of halogens is 2. The first-order chi connectivity index (χ1) is 15.4. The molecule has 0 heterocycles. The fourth-order valence-corrected chi connectivity index (χ4v) is 5.08. The molecule has 0 unspecified atom stereocenters. The maximum atomic E-state index is 13.4. The van der Waals surface area contributed by atoms with Crippen molar-refractivity contribution in [3.05, 3.63) is 68.7 Å². The Morgan fingerprint density at radius 1 is 1.06 bits per heavy atom. The van der Waals surface area contributed by atoms with Gasteiger partial charge in [0.15, 0.2) is 0 Å². The zero-order chi connectivity index (χ0) is 24.8. The molecule has 0 saturated heterocycles. The molecule has 4 nitrogen and oxygen atoms in total. The number of aryl methyl sites for hydroxylation is 2. The third-order valence-electron chi connectivity index (χ3n) is 5.05. The first-order valence-electron chi connectivity index (χ1n) is 11.1. The molecule has 0 saturated carbocycles. The largest absolute Gasteiger partial charge is 0.350 e. The first-order valence-corrected chi connectivity index (χ1v) is 13.0. The maximum Gasteiger partial charge on any atom is 0.243 e. The van der Waals surface area contributed by atoms with Crippen molar-refractivity contribution in [1.29, 1.82) is 0 Å². The van der Waals surface area contributed by atoms with E-state index in [1.54, 1.807) is 34.9 Å². The van der Waals surface area contributed by atoms with Crippen LogP contribution in [0.5, 0.6) is 0 Å². The van der Waals surface area contributed by atoms with Gasteiger partial charge in [-0.25, -0.2) is 0 Å². The topological polar surface area (TPSA) is 49.4 Å². The molecule has 2 amide bonds. The van der Waals surface area contributed by atoms with Gasteiger partial charge in [-0.2, -0.15) is 0 Å². The maximum absolute atomic E-state index is 13.4. The van der Waals surface area contributed by atoms with E-state index in [4.69, 9.17) is 23.2 Å². The van der Waals surface area contributed by atoms with Crippen LogP contribution in [0, 0.1) is 13.8 Å². The van der Waals surface area contributed by atoms with Crippen LogP contribution in [0.2, 0.25) is 10.0 Å². The summed E-state index contributed by atoms with van der Waals surface area (Å²) in [6, 6.07) is 11.0. The lowest BCUT2D eigenvalue weighted by molar-refractivity contribution is -0.140. The van der Waals surface area contributed by atoms with Crippen molar-refractivity contribution in [2.24, 2.45) is 0 Å². The SMILES string of the molecule is CC[C@H](C(=O)NC(C)(C)C)N(Cc1c(Cl)cccc1Cl)C(=O)CSCc1cc(C)cc(C)c1. The van der Waals surface area contributed by atoms with Gasteiger partial charge in [0.25, 0.3) is 0 Å². The molecule has 0 radical (unpaired) electrons. The van der Waals surface area contributed by atoms with Crippen LogP contribution in [-0.4, -0.2) is 34.0 Å². The zero-order valence-electron chi connectivity index (χ0n) is 20.3. The molecule has 0 aliphatic rings. The monoisotopic (exact) mass is 508 g/mol. The lowest BCUT2D eigenvalue weighted by atomic mass is 10.1. The molecule has 0 spiro atoms. The van der Waals surface area contributed by atoms with Crippen molar-refractivity contribution < 1.29 is 9.59 Å². The predicted molar refractivity (Wildman–Crippen MR) is 141 cm³/mol. The molecular formula is C26H34Cl2N2O2S. The zero-order valence-corrected chi connectivity index (χ0v) is 22.6. The van der Waals surface area contributed by atoms with Crippen LogP contribution in [-0.2, 0) is 21.9 Å². The first kappa shape index (κ1) is 27.6. The average molecular weight is 510 g/mol. The van der Waals surface area contributed by atoms with Crippen LogP contribution in [0.25, 0.3) is 0 Å². The Morgan fingerprint density at radius 3 is 2.15 bits per heavy atom. The molecule has 1 N–H and O–H groups in total. The standard InChI is InChI=1S/C26H34Cl2N2O2S/c1-7-23(25(32)29-26(4,5)6)30(14-20-21(27)9-8-10-22(20)28)24(31)16-33-15-19-12-17(2)11-18(3)13-19/h8-13,23H,7,14-16H2,1-6H3,(H,29,32)/t23-/m1/s1. The average Bonchev–Trinajstić information content (AvgIpc) is 2.67.